The number of allylic oxidation sites excluding steroid dienone is 1. The van der Waals surface area contributed by atoms with Gasteiger partial charge in [-0.25, -0.2) is 0 Å². The van der Waals surface area contributed by atoms with Crippen LogP contribution in [0.5, 0.6) is 0 Å². The molecule has 0 aliphatic carbocycles. The molecule has 0 N–H and O–H groups in total. The highest BCUT2D eigenvalue weighted by atomic mass is 16.5. The summed E-state index contributed by atoms with van der Waals surface area (Å²) in [5.41, 5.74) is 0.978. The van der Waals surface area contributed by atoms with Crippen LogP contribution >= 0.6 is 0 Å². The van der Waals surface area contributed by atoms with Crippen LogP contribution in [0.25, 0.3) is 0 Å². The molecular formula is C13H17NO4. The molecular weight excluding hydrogens is 234 g/mol. The second-order valence-corrected chi connectivity index (χ2v) is 4.58. The van der Waals surface area contributed by atoms with Crippen molar-refractivity contribution in [3.63, 3.8) is 0 Å². The summed E-state index contributed by atoms with van der Waals surface area (Å²) in [6.45, 7) is 5.31. The third kappa shape index (κ3) is 2.18. The zero-order valence-electron chi connectivity index (χ0n) is 10.6. The first kappa shape index (κ1) is 12.8. The smallest absolute Gasteiger partial charge is 0.302 e. The molecule has 5 heteroatoms. The summed E-state index contributed by atoms with van der Waals surface area (Å²) in [6, 6.07) is -0.250. The molecule has 18 heavy (non-hydrogen) atoms. The van der Waals surface area contributed by atoms with Gasteiger partial charge in [-0.3, -0.25) is 9.59 Å². The number of rotatable bonds is 2. The molecule has 0 radical (unpaired) electrons. The van der Waals surface area contributed by atoms with Gasteiger partial charge < -0.3 is 14.4 Å². The molecule has 2 rings (SSSR count). The van der Waals surface area contributed by atoms with E-state index in [0.717, 1.165) is 5.57 Å². The van der Waals surface area contributed by atoms with Crippen LogP contribution in [0.4, 0.5) is 0 Å². The molecule has 1 amide bonds. The van der Waals surface area contributed by atoms with E-state index in [1.54, 1.807) is 11.1 Å². The Morgan fingerprint density at radius 2 is 2.28 bits per heavy atom. The summed E-state index contributed by atoms with van der Waals surface area (Å²) in [6.07, 6.45) is 3.93. The fraction of sp³-hybridized carbons (Fsp3) is 0.538. The van der Waals surface area contributed by atoms with E-state index >= 15 is 0 Å². The zero-order valence-corrected chi connectivity index (χ0v) is 10.6. The van der Waals surface area contributed by atoms with Crippen LogP contribution < -0.4 is 0 Å². The van der Waals surface area contributed by atoms with E-state index in [0.29, 0.717) is 12.8 Å². The van der Waals surface area contributed by atoms with Crippen molar-refractivity contribution in [2.45, 2.75) is 38.0 Å². The zero-order chi connectivity index (χ0) is 13.3. The molecule has 2 aliphatic rings. The number of ether oxygens (including phenoxy) is 2. The molecule has 0 spiro atoms. The SMILES string of the molecule is C=C1C/C=C\N2C(=O)[C@H](OC)[C@@H]2[C@H](OC(C)=O)C1. The molecule has 5 nitrogen and oxygen atoms in total. The number of hydrogen-bond acceptors (Lipinski definition) is 4. The van der Waals surface area contributed by atoms with Gasteiger partial charge in [0.2, 0.25) is 0 Å². The van der Waals surface area contributed by atoms with Crippen LogP contribution in [0.2, 0.25) is 0 Å². The Kier molecular flexibility index (Phi) is 3.52. The van der Waals surface area contributed by atoms with Gasteiger partial charge in [-0.1, -0.05) is 18.2 Å². The van der Waals surface area contributed by atoms with E-state index in [4.69, 9.17) is 9.47 Å². The van der Waals surface area contributed by atoms with Gasteiger partial charge in [0.05, 0.1) is 0 Å². The fourth-order valence-corrected chi connectivity index (χ4v) is 2.44. The molecule has 0 saturated carbocycles. The quantitative estimate of drug-likeness (QED) is 0.417. The van der Waals surface area contributed by atoms with Crippen LogP contribution in [0, 0.1) is 0 Å². The Bertz CT molecular complexity index is 415. The Labute approximate surface area is 106 Å². The van der Waals surface area contributed by atoms with Crippen molar-refractivity contribution in [3.8, 4) is 0 Å². The maximum Gasteiger partial charge on any atom is 0.302 e. The average molecular weight is 251 g/mol. The minimum atomic E-state index is -0.537. The highest BCUT2D eigenvalue weighted by Crippen LogP contribution is 2.32. The predicted octanol–water partition coefficient (Wildman–Crippen LogP) is 1.01. The first-order valence-corrected chi connectivity index (χ1v) is 5.90. The lowest BCUT2D eigenvalue weighted by molar-refractivity contribution is -0.181. The van der Waals surface area contributed by atoms with Crippen molar-refractivity contribution < 1.29 is 19.1 Å². The van der Waals surface area contributed by atoms with Crippen molar-refractivity contribution in [1.29, 1.82) is 0 Å². The summed E-state index contributed by atoms with van der Waals surface area (Å²) >= 11 is 0. The van der Waals surface area contributed by atoms with E-state index in [1.165, 1.54) is 14.0 Å². The van der Waals surface area contributed by atoms with Crippen LogP contribution in [-0.2, 0) is 19.1 Å². The number of hydrogen-bond donors (Lipinski definition) is 0. The first-order valence-electron chi connectivity index (χ1n) is 5.90. The first-order chi connectivity index (χ1) is 8.54. The molecule has 98 valence electrons. The topological polar surface area (TPSA) is 55.8 Å². The Morgan fingerprint density at radius 3 is 2.89 bits per heavy atom. The highest BCUT2D eigenvalue weighted by Gasteiger charge is 2.52. The summed E-state index contributed by atoms with van der Waals surface area (Å²) in [7, 11) is 1.49. The second kappa shape index (κ2) is 4.94. The molecule has 1 saturated heterocycles. The number of fused-ring (bicyclic) bond motifs is 1. The standard InChI is InChI=1S/C13H17NO4/c1-8-5-4-6-14-11(12(17-3)13(14)16)10(7-8)18-9(2)15/h4,6,10-12H,1,5,7H2,2-3H3/b6-4-/t10-,11+,12-/m1/s1. The fourth-order valence-electron chi connectivity index (χ4n) is 2.44. The number of nitrogens with zero attached hydrogens (tertiary/aromatic N) is 1. The number of esters is 1. The van der Waals surface area contributed by atoms with Gasteiger partial charge >= 0.3 is 5.97 Å². The molecule has 0 unspecified atom stereocenters. The van der Waals surface area contributed by atoms with Crippen molar-refractivity contribution >= 4 is 11.9 Å². The van der Waals surface area contributed by atoms with E-state index in [1.807, 2.05) is 6.08 Å². The third-order valence-corrected chi connectivity index (χ3v) is 3.24. The largest absolute Gasteiger partial charge is 0.460 e. The lowest BCUT2D eigenvalue weighted by Gasteiger charge is -2.48. The predicted molar refractivity (Wildman–Crippen MR) is 64.5 cm³/mol. The normalized spacial score (nSPS) is 33.0. The molecule has 0 aromatic rings. The molecule has 2 heterocycles. The van der Waals surface area contributed by atoms with Gasteiger partial charge in [0.1, 0.15) is 12.1 Å². The Balaban J connectivity index is 2.24. The minimum absolute atomic E-state index is 0.0941. The van der Waals surface area contributed by atoms with Crippen molar-refractivity contribution in [3.05, 3.63) is 24.4 Å². The maximum absolute atomic E-state index is 11.8. The Morgan fingerprint density at radius 1 is 1.56 bits per heavy atom. The Hall–Kier alpha value is -1.62. The van der Waals surface area contributed by atoms with E-state index < -0.39 is 6.10 Å². The highest BCUT2D eigenvalue weighted by molar-refractivity contribution is 5.90. The van der Waals surface area contributed by atoms with Gasteiger partial charge in [0.15, 0.2) is 6.10 Å². The molecule has 0 aromatic heterocycles. The molecule has 0 bridgehead atoms. The van der Waals surface area contributed by atoms with Crippen molar-refractivity contribution in [1.82, 2.24) is 4.90 Å². The number of methoxy groups -OCH3 is 1. The van der Waals surface area contributed by atoms with Gasteiger partial charge in [0, 0.05) is 26.7 Å². The summed E-state index contributed by atoms with van der Waals surface area (Å²) in [5, 5.41) is 0. The van der Waals surface area contributed by atoms with Crippen LogP contribution in [0.1, 0.15) is 19.8 Å². The lowest BCUT2D eigenvalue weighted by Crippen LogP contribution is -2.68. The lowest BCUT2D eigenvalue weighted by atomic mass is 9.87. The number of amides is 1. The summed E-state index contributed by atoms with van der Waals surface area (Å²) < 4.78 is 10.5. The van der Waals surface area contributed by atoms with Gasteiger partial charge in [-0.2, -0.15) is 0 Å². The van der Waals surface area contributed by atoms with Crippen LogP contribution in [0.3, 0.4) is 0 Å². The maximum atomic E-state index is 11.8. The van der Waals surface area contributed by atoms with Crippen molar-refractivity contribution in [2.75, 3.05) is 7.11 Å². The van der Waals surface area contributed by atoms with Crippen LogP contribution in [-0.4, -0.2) is 42.1 Å². The van der Waals surface area contributed by atoms with Crippen LogP contribution in [0.15, 0.2) is 24.4 Å². The molecule has 1 fully saturated rings. The number of carbonyl (C=O) groups excluding carboxylic acids is 2. The molecule has 2 aliphatic heterocycles. The molecule has 0 aromatic carbocycles. The summed E-state index contributed by atoms with van der Waals surface area (Å²) in [4.78, 5) is 24.5. The number of β-lactam (4-membered cyclic amide) rings is 1. The number of carbonyl (C=O) groups is 2. The monoisotopic (exact) mass is 251 g/mol. The second-order valence-electron chi connectivity index (χ2n) is 4.58. The summed E-state index contributed by atoms with van der Waals surface area (Å²) in [5.74, 6) is -0.449. The average Bonchev–Trinajstić information content (AvgIpc) is 2.28. The minimum Gasteiger partial charge on any atom is -0.460 e. The van der Waals surface area contributed by atoms with Gasteiger partial charge in [0.25, 0.3) is 5.91 Å². The molecule has 3 atom stereocenters. The third-order valence-electron chi connectivity index (χ3n) is 3.24. The van der Waals surface area contributed by atoms with Gasteiger partial charge in [-0.05, 0) is 6.42 Å². The van der Waals surface area contributed by atoms with Crippen molar-refractivity contribution in [2.24, 2.45) is 0 Å². The van der Waals surface area contributed by atoms with E-state index in [-0.39, 0.29) is 24.0 Å². The van der Waals surface area contributed by atoms with Gasteiger partial charge in [-0.15, -0.1) is 0 Å². The van der Waals surface area contributed by atoms with E-state index in [9.17, 15) is 9.59 Å². The van der Waals surface area contributed by atoms with E-state index in [2.05, 4.69) is 6.58 Å².